The molecule has 0 aliphatic heterocycles. The highest BCUT2D eigenvalue weighted by Crippen LogP contribution is 2.24. The third kappa shape index (κ3) is 3.85. The highest BCUT2D eigenvalue weighted by molar-refractivity contribution is 7.99. The highest BCUT2D eigenvalue weighted by atomic mass is 32.2. The summed E-state index contributed by atoms with van der Waals surface area (Å²) >= 11 is 1.33. The summed E-state index contributed by atoms with van der Waals surface area (Å²) in [6.45, 7) is 3.92. The van der Waals surface area contributed by atoms with Gasteiger partial charge >= 0.3 is 5.97 Å². The van der Waals surface area contributed by atoms with E-state index in [2.05, 4.69) is 27.1 Å². The maximum absolute atomic E-state index is 11.1. The summed E-state index contributed by atoms with van der Waals surface area (Å²) in [5, 5.41) is 0.756. The first-order valence-corrected chi connectivity index (χ1v) is 6.64. The van der Waals surface area contributed by atoms with Gasteiger partial charge in [0.15, 0.2) is 0 Å². The van der Waals surface area contributed by atoms with Crippen LogP contribution in [0.5, 0.6) is 0 Å². The lowest BCUT2D eigenvalue weighted by Crippen LogP contribution is -2.13. The molecule has 0 aliphatic carbocycles. The topological polar surface area (TPSA) is 90.1 Å². The third-order valence-electron chi connectivity index (χ3n) is 2.31. The van der Waals surface area contributed by atoms with E-state index in [1.807, 2.05) is 6.92 Å². The van der Waals surface area contributed by atoms with Crippen molar-refractivity contribution in [3.05, 3.63) is 11.4 Å². The SMILES string of the molecule is CCCc1nc(NN)c(C)c(SCC(=O)OC)n1. The Morgan fingerprint density at radius 1 is 1.50 bits per heavy atom. The molecule has 0 radical (unpaired) electrons. The standard InChI is InChI=1S/C11H18N4O2S/c1-4-5-8-13-10(15-12)7(2)11(14-8)18-6-9(16)17-3/h4-6,12H2,1-3H3,(H,13,14,15). The number of esters is 1. The van der Waals surface area contributed by atoms with Gasteiger partial charge in [-0.1, -0.05) is 18.7 Å². The number of anilines is 1. The second-order valence-corrected chi connectivity index (χ2v) is 4.64. The average molecular weight is 270 g/mol. The maximum Gasteiger partial charge on any atom is 0.316 e. The number of rotatable bonds is 6. The van der Waals surface area contributed by atoms with Crippen molar-refractivity contribution < 1.29 is 9.53 Å². The number of methoxy groups -OCH3 is 1. The van der Waals surface area contributed by atoms with Crippen LogP contribution in [0.1, 0.15) is 24.7 Å². The number of aromatic nitrogens is 2. The number of nitrogens with one attached hydrogen (secondary N) is 1. The molecular weight excluding hydrogens is 252 g/mol. The Morgan fingerprint density at radius 2 is 2.22 bits per heavy atom. The predicted molar refractivity (Wildman–Crippen MR) is 71.3 cm³/mol. The molecule has 0 atom stereocenters. The Balaban J connectivity index is 2.93. The van der Waals surface area contributed by atoms with Crippen molar-refractivity contribution in [2.75, 3.05) is 18.3 Å². The van der Waals surface area contributed by atoms with Crippen LogP contribution in [0.25, 0.3) is 0 Å². The van der Waals surface area contributed by atoms with Crippen molar-refractivity contribution in [3.8, 4) is 0 Å². The van der Waals surface area contributed by atoms with Gasteiger partial charge in [0.25, 0.3) is 0 Å². The normalized spacial score (nSPS) is 10.2. The predicted octanol–water partition coefficient (Wildman–Crippen LogP) is 1.29. The lowest BCUT2D eigenvalue weighted by molar-refractivity contribution is -0.137. The molecule has 1 aromatic heterocycles. The van der Waals surface area contributed by atoms with E-state index in [9.17, 15) is 4.79 Å². The van der Waals surface area contributed by atoms with Crippen LogP contribution < -0.4 is 11.3 Å². The van der Waals surface area contributed by atoms with Gasteiger partial charge < -0.3 is 10.2 Å². The summed E-state index contributed by atoms with van der Waals surface area (Å²) in [7, 11) is 1.37. The van der Waals surface area contributed by atoms with E-state index in [4.69, 9.17) is 5.84 Å². The van der Waals surface area contributed by atoms with Gasteiger partial charge in [-0.2, -0.15) is 0 Å². The third-order valence-corrected chi connectivity index (χ3v) is 3.36. The zero-order valence-corrected chi connectivity index (χ0v) is 11.6. The molecule has 1 heterocycles. The molecule has 0 saturated heterocycles. The fourth-order valence-corrected chi connectivity index (χ4v) is 2.20. The summed E-state index contributed by atoms with van der Waals surface area (Å²) in [4.78, 5) is 19.9. The first-order chi connectivity index (χ1) is 8.62. The second kappa shape index (κ2) is 7.17. The minimum Gasteiger partial charge on any atom is -0.468 e. The van der Waals surface area contributed by atoms with Gasteiger partial charge in [-0.25, -0.2) is 15.8 Å². The number of nitrogens with two attached hydrogens (primary N) is 1. The fourth-order valence-electron chi connectivity index (χ4n) is 1.34. The first kappa shape index (κ1) is 14.7. The van der Waals surface area contributed by atoms with Gasteiger partial charge in [-0.3, -0.25) is 4.79 Å². The number of aryl methyl sites for hydroxylation is 1. The molecule has 0 fully saturated rings. The number of nitrogen functional groups attached to an aromatic ring is 1. The van der Waals surface area contributed by atoms with Crippen LogP contribution in [0.2, 0.25) is 0 Å². The number of thioether (sulfide) groups is 1. The van der Waals surface area contributed by atoms with Gasteiger partial charge in [0.05, 0.1) is 12.9 Å². The number of ether oxygens (including phenoxy) is 1. The van der Waals surface area contributed by atoms with Crippen LogP contribution in [-0.2, 0) is 16.0 Å². The second-order valence-electron chi connectivity index (χ2n) is 3.68. The van der Waals surface area contributed by atoms with Crippen LogP contribution in [0.15, 0.2) is 5.03 Å². The van der Waals surface area contributed by atoms with Gasteiger partial charge in [0.2, 0.25) is 0 Å². The van der Waals surface area contributed by atoms with Crippen LogP contribution in [0.4, 0.5) is 5.82 Å². The van der Waals surface area contributed by atoms with Gasteiger partial charge in [-0.05, 0) is 13.3 Å². The van der Waals surface area contributed by atoms with Crippen molar-refractivity contribution in [2.45, 2.75) is 31.7 Å². The molecule has 0 spiro atoms. The summed E-state index contributed by atoms with van der Waals surface area (Å²) < 4.78 is 4.60. The summed E-state index contributed by atoms with van der Waals surface area (Å²) in [6, 6.07) is 0. The van der Waals surface area contributed by atoms with E-state index in [1.54, 1.807) is 0 Å². The molecule has 7 heteroatoms. The number of hydrazine groups is 1. The minimum absolute atomic E-state index is 0.226. The van der Waals surface area contributed by atoms with E-state index < -0.39 is 0 Å². The lowest BCUT2D eigenvalue weighted by atomic mass is 10.3. The number of carbonyl (C=O) groups excluding carboxylic acids is 1. The molecule has 0 aliphatic rings. The van der Waals surface area contributed by atoms with Crippen molar-refractivity contribution in [2.24, 2.45) is 5.84 Å². The van der Waals surface area contributed by atoms with Gasteiger partial charge in [-0.15, -0.1) is 0 Å². The molecule has 0 aromatic carbocycles. The monoisotopic (exact) mass is 270 g/mol. The molecule has 6 nitrogen and oxygen atoms in total. The molecule has 1 aromatic rings. The van der Waals surface area contributed by atoms with E-state index in [0.717, 1.165) is 29.3 Å². The molecule has 0 amide bonds. The zero-order valence-electron chi connectivity index (χ0n) is 10.8. The summed E-state index contributed by atoms with van der Waals surface area (Å²) in [5.41, 5.74) is 3.39. The van der Waals surface area contributed by atoms with Crippen molar-refractivity contribution >= 4 is 23.5 Å². The van der Waals surface area contributed by atoms with E-state index in [0.29, 0.717) is 5.82 Å². The molecule has 18 heavy (non-hydrogen) atoms. The van der Waals surface area contributed by atoms with Crippen molar-refractivity contribution in [3.63, 3.8) is 0 Å². The Morgan fingerprint density at radius 3 is 2.78 bits per heavy atom. The largest absolute Gasteiger partial charge is 0.468 e. The molecule has 1 rings (SSSR count). The molecule has 0 unspecified atom stereocenters. The summed E-state index contributed by atoms with van der Waals surface area (Å²) in [6.07, 6.45) is 1.73. The van der Waals surface area contributed by atoms with E-state index >= 15 is 0 Å². The number of nitrogens with zero attached hydrogens (tertiary/aromatic N) is 2. The van der Waals surface area contributed by atoms with E-state index in [1.165, 1.54) is 18.9 Å². The number of carbonyl (C=O) groups is 1. The smallest absolute Gasteiger partial charge is 0.316 e. The summed E-state index contributed by atoms with van der Waals surface area (Å²) in [5.74, 6) is 6.69. The van der Waals surface area contributed by atoms with Crippen LogP contribution in [0.3, 0.4) is 0 Å². The minimum atomic E-state index is -0.280. The van der Waals surface area contributed by atoms with Crippen molar-refractivity contribution in [1.29, 1.82) is 0 Å². The highest BCUT2D eigenvalue weighted by Gasteiger charge is 2.12. The fraction of sp³-hybridized carbons (Fsp3) is 0.545. The average Bonchev–Trinajstić information content (AvgIpc) is 2.38. The number of hydrogen-bond donors (Lipinski definition) is 2. The van der Waals surface area contributed by atoms with E-state index in [-0.39, 0.29) is 11.7 Å². The molecule has 3 N–H and O–H groups in total. The number of hydrogen-bond acceptors (Lipinski definition) is 7. The van der Waals surface area contributed by atoms with Crippen LogP contribution in [0, 0.1) is 6.92 Å². The van der Waals surface area contributed by atoms with Crippen LogP contribution in [-0.4, -0.2) is 28.8 Å². The Bertz CT molecular complexity index is 426. The Labute approximate surface area is 111 Å². The maximum atomic E-state index is 11.1. The molecule has 100 valence electrons. The molecule has 0 bridgehead atoms. The Hall–Kier alpha value is -1.34. The zero-order chi connectivity index (χ0) is 13.5. The van der Waals surface area contributed by atoms with Crippen molar-refractivity contribution in [1.82, 2.24) is 9.97 Å². The van der Waals surface area contributed by atoms with Crippen LogP contribution >= 0.6 is 11.8 Å². The van der Waals surface area contributed by atoms with Gasteiger partial charge in [0, 0.05) is 12.0 Å². The Kier molecular flexibility index (Phi) is 5.87. The molecular formula is C11H18N4O2S. The molecule has 0 saturated carbocycles. The lowest BCUT2D eigenvalue weighted by Gasteiger charge is -2.10. The first-order valence-electron chi connectivity index (χ1n) is 5.66. The van der Waals surface area contributed by atoms with Gasteiger partial charge in [0.1, 0.15) is 16.7 Å². The quantitative estimate of drug-likeness (QED) is 0.264.